The van der Waals surface area contributed by atoms with Gasteiger partial charge in [-0.05, 0) is 37.5 Å². The van der Waals surface area contributed by atoms with Crippen LogP contribution in [-0.4, -0.2) is 58.3 Å². The molecule has 4 rings (SSSR count). The molecule has 1 aliphatic heterocycles. The van der Waals surface area contributed by atoms with E-state index in [1.807, 2.05) is 23.9 Å². The summed E-state index contributed by atoms with van der Waals surface area (Å²) in [6.45, 7) is 3.02. The molecule has 1 unspecified atom stereocenters. The number of carbonyl (C=O) groups is 1. The average molecular weight is 424 g/mol. The summed E-state index contributed by atoms with van der Waals surface area (Å²) in [6, 6.07) is 6.34. The van der Waals surface area contributed by atoms with Gasteiger partial charge in [0, 0.05) is 44.9 Å². The largest absolute Gasteiger partial charge is 0.347 e. The summed E-state index contributed by atoms with van der Waals surface area (Å²) < 4.78 is 18.2. The van der Waals surface area contributed by atoms with Gasteiger partial charge in [0.15, 0.2) is 0 Å². The first-order chi connectivity index (χ1) is 14.9. The average Bonchev–Trinajstić information content (AvgIpc) is 3.18. The lowest BCUT2D eigenvalue weighted by Gasteiger charge is -2.33. The second-order valence-corrected chi connectivity index (χ2v) is 8.02. The third-order valence-corrected chi connectivity index (χ3v) is 5.59. The Hall–Kier alpha value is -3.36. The van der Waals surface area contributed by atoms with E-state index in [0.717, 1.165) is 29.7 Å². The summed E-state index contributed by atoms with van der Waals surface area (Å²) in [5.41, 5.74) is 3.79. The van der Waals surface area contributed by atoms with E-state index in [1.54, 1.807) is 25.3 Å². The lowest BCUT2D eigenvalue weighted by Crippen LogP contribution is -2.40. The molecule has 31 heavy (non-hydrogen) atoms. The summed E-state index contributed by atoms with van der Waals surface area (Å²) in [4.78, 5) is 25.9. The summed E-state index contributed by atoms with van der Waals surface area (Å²) >= 11 is 0. The Morgan fingerprint density at radius 1 is 1.26 bits per heavy atom. The number of nitrogens with zero attached hydrogens (tertiary/aromatic N) is 6. The second kappa shape index (κ2) is 8.79. The smallest absolute Gasteiger partial charge is 0.228 e. The van der Waals surface area contributed by atoms with Gasteiger partial charge in [-0.1, -0.05) is 22.4 Å². The van der Waals surface area contributed by atoms with Crippen LogP contribution in [0.2, 0.25) is 0 Å². The van der Waals surface area contributed by atoms with Crippen molar-refractivity contribution in [3.63, 3.8) is 0 Å². The van der Waals surface area contributed by atoms with Crippen molar-refractivity contribution in [3.8, 4) is 11.1 Å². The first-order valence-corrected chi connectivity index (χ1v) is 10.3. The molecule has 1 aromatic carbocycles. The monoisotopic (exact) mass is 424 g/mol. The van der Waals surface area contributed by atoms with Gasteiger partial charge in [-0.25, -0.2) is 19.0 Å². The zero-order valence-corrected chi connectivity index (χ0v) is 17.9. The SMILES string of the molecule is Cc1nonc1CC(=O)N1CCCC(c2nc(N(C)C)ncc2-c2ccc(F)cc2)C1. The third-order valence-electron chi connectivity index (χ3n) is 5.59. The molecule has 162 valence electrons. The molecule has 1 saturated heterocycles. The molecule has 9 heteroatoms. The van der Waals surface area contributed by atoms with Crippen molar-refractivity contribution in [2.24, 2.45) is 0 Å². The highest BCUT2D eigenvalue weighted by atomic mass is 19.1. The van der Waals surface area contributed by atoms with Crippen molar-refractivity contribution in [2.45, 2.75) is 32.1 Å². The summed E-state index contributed by atoms with van der Waals surface area (Å²) in [6.07, 6.45) is 3.73. The molecule has 0 radical (unpaired) electrons. The van der Waals surface area contributed by atoms with Crippen molar-refractivity contribution in [1.29, 1.82) is 0 Å². The molecule has 0 saturated carbocycles. The Kier molecular flexibility index (Phi) is 5.92. The Balaban J connectivity index is 1.62. The first-order valence-electron chi connectivity index (χ1n) is 10.3. The van der Waals surface area contributed by atoms with Gasteiger partial charge >= 0.3 is 0 Å². The minimum absolute atomic E-state index is 0.00581. The first kappa shape index (κ1) is 20.9. The molecule has 0 spiro atoms. The highest BCUT2D eigenvalue weighted by Crippen LogP contribution is 2.34. The molecular formula is C22H25FN6O2. The number of likely N-dealkylation sites (tertiary alicyclic amines) is 1. The minimum Gasteiger partial charge on any atom is -0.347 e. The summed E-state index contributed by atoms with van der Waals surface area (Å²) in [5, 5.41) is 7.58. The van der Waals surface area contributed by atoms with E-state index < -0.39 is 0 Å². The lowest BCUT2D eigenvalue weighted by molar-refractivity contribution is -0.131. The van der Waals surface area contributed by atoms with Crippen molar-refractivity contribution in [2.75, 3.05) is 32.1 Å². The number of benzene rings is 1. The van der Waals surface area contributed by atoms with E-state index in [1.165, 1.54) is 12.1 Å². The van der Waals surface area contributed by atoms with Crippen LogP contribution in [0.25, 0.3) is 11.1 Å². The number of hydrogen-bond donors (Lipinski definition) is 0. The zero-order chi connectivity index (χ0) is 22.0. The number of halogens is 1. The van der Waals surface area contributed by atoms with Crippen molar-refractivity contribution < 1.29 is 13.8 Å². The number of rotatable bonds is 5. The van der Waals surface area contributed by atoms with Gasteiger partial charge in [0.25, 0.3) is 0 Å². The number of aromatic nitrogens is 4. The zero-order valence-electron chi connectivity index (χ0n) is 17.9. The van der Waals surface area contributed by atoms with Crippen LogP contribution < -0.4 is 4.90 Å². The van der Waals surface area contributed by atoms with Crippen molar-refractivity contribution in [3.05, 3.63) is 53.4 Å². The highest BCUT2D eigenvalue weighted by molar-refractivity contribution is 5.78. The van der Waals surface area contributed by atoms with E-state index >= 15 is 0 Å². The van der Waals surface area contributed by atoms with Gasteiger partial charge in [0.1, 0.15) is 17.2 Å². The topological polar surface area (TPSA) is 88.2 Å². The number of carbonyl (C=O) groups excluding carboxylic acids is 1. The predicted octanol–water partition coefficient (Wildman–Crippen LogP) is 2.99. The van der Waals surface area contributed by atoms with Gasteiger partial charge < -0.3 is 9.80 Å². The molecule has 8 nitrogen and oxygen atoms in total. The summed E-state index contributed by atoms with van der Waals surface area (Å²) in [7, 11) is 3.78. The molecule has 1 fully saturated rings. The van der Waals surface area contributed by atoms with Crippen LogP contribution in [0.3, 0.4) is 0 Å². The number of aryl methyl sites for hydroxylation is 1. The predicted molar refractivity (Wildman–Crippen MR) is 113 cm³/mol. The maximum absolute atomic E-state index is 13.5. The number of amides is 1. The van der Waals surface area contributed by atoms with E-state index in [4.69, 9.17) is 9.61 Å². The highest BCUT2D eigenvalue weighted by Gasteiger charge is 2.29. The molecule has 3 aromatic rings. The van der Waals surface area contributed by atoms with Gasteiger partial charge in [-0.15, -0.1) is 0 Å². The molecule has 1 amide bonds. The summed E-state index contributed by atoms with van der Waals surface area (Å²) in [5.74, 6) is 0.363. The molecule has 0 N–H and O–H groups in total. The van der Waals surface area contributed by atoms with Crippen LogP contribution in [0.4, 0.5) is 10.3 Å². The molecular weight excluding hydrogens is 399 g/mol. The fraction of sp³-hybridized carbons (Fsp3) is 0.409. The normalized spacial score (nSPS) is 16.4. The van der Waals surface area contributed by atoms with Crippen LogP contribution in [-0.2, 0) is 11.2 Å². The Labute approximate surface area is 180 Å². The van der Waals surface area contributed by atoms with Crippen LogP contribution >= 0.6 is 0 Å². The number of anilines is 1. The van der Waals surface area contributed by atoms with Gasteiger partial charge in [-0.2, -0.15) is 0 Å². The minimum atomic E-state index is -0.289. The van der Waals surface area contributed by atoms with E-state index in [0.29, 0.717) is 30.4 Å². The van der Waals surface area contributed by atoms with Gasteiger partial charge in [0.05, 0.1) is 12.1 Å². The quantitative estimate of drug-likeness (QED) is 0.622. The van der Waals surface area contributed by atoms with E-state index in [9.17, 15) is 9.18 Å². The Morgan fingerprint density at radius 2 is 2.03 bits per heavy atom. The van der Waals surface area contributed by atoms with Crippen molar-refractivity contribution >= 4 is 11.9 Å². The van der Waals surface area contributed by atoms with E-state index in [-0.39, 0.29) is 24.1 Å². The van der Waals surface area contributed by atoms with Crippen LogP contribution in [0, 0.1) is 12.7 Å². The van der Waals surface area contributed by atoms with Crippen LogP contribution in [0.15, 0.2) is 35.1 Å². The fourth-order valence-electron chi connectivity index (χ4n) is 3.86. The fourth-order valence-corrected chi connectivity index (χ4v) is 3.86. The van der Waals surface area contributed by atoms with Gasteiger partial charge in [0.2, 0.25) is 11.9 Å². The molecule has 1 atom stereocenters. The maximum atomic E-state index is 13.5. The third kappa shape index (κ3) is 4.55. The lowest BCUT2D eigenvalue weighted by atomic mass is 9.89. The van der Waals surface area contributed by atoms with E-state index in [2.05, 4.69) is 15.3 Å². The second-order valence-electron chi connectivity index (χ2n) is 8.02. The van der Waals surface area contributed by atoms with Crippen LogP contribution in [0.5, 0.6) is 0 Å². The molecule has 2 aromatic heterocycles. The number of piperidine rings is 1. The Bertz CT molecular complexity index is 1070. The number of hydrogen-bond acceptors (Lipinski definition) is 7. The van der Waals surface area contributed by atoms with Crippen LogP contribution in [0.1, 0.15) is 35.8 Å². The van der Waals surface area contributed by atoms with Gasteiger partial charge in [-0.3, -0.25) is 4.79 Å². The molecule has 1 aliphatic rings. The van der Waals surface area contributed by atoms with Crippen molar-refractivity contribution in [1.82, 2.24) is 25.2 Å². The molecule has 0 aliphatic carbocycles. The molecule has 0 bridgehead atoms. The Morgan fingerprint density at radius 3 is 2.71 bits per heavy atom. The maximum Gasteiger partial charge on any atom is 0.228 e. The standard InChI is InChI=1S/C22H25FN6O2/c1-14-19(27-31-26-14)11-20(30)29-10-4-5-16(13-29)21-18(12-24-22(25-21)28(2)3)15-6-8-17(23)9-7-15/h6-9,12,16H,4-5,10-11,13H2,1-3H3. The molecule has 3 heterocycles.